The smallest absolute Gasteiger partial charge is 0.126 e. The topological polar surface area (TPSA) is 12.0 Å². The van der Waals surface area contributed by atoms with E-state index in [4.69, 9.17) is 0 Å². The van der Waals surface area contributed by atoms with E-state index >= 15 is 0 Å². The van der Waals surface area contributed by atoms with Crippen LogP contribution in [0.2, 0.25) is 0 Å². The van der Waals surface area contributed by atoms with Crippen LogP contribution in [0, 0.1) is 11.7 Å². The van der Waals surface area contributed by atoms with Crippen LogP contribution in [0.1, 0.15) is 44.6 Å². The molecule has 2 atom stereocenters. The summed E-state index contributed by atoms with van der Waals surface area (Å²) in [7, 11) is 0. The molecular weight excluding hydrogens is 225 g/mol. The second-order valence-corrected chi connectivity index (χ2v) is 5.61. The van der Waals surface area contributed by atoms with Gasteiger partial charge < -0.3 is 5.32 Å². The van der Waals surface area contributed by atoms with E-state index < -0.39 is 0 Å². The Kier molecular flexibility index (Phi) is 5.18. The quantitative estimate of drug-likeness (QED) is 0.797. The van der Waals surface area contributed by atoms with Crippen molar-refractivity contribution >= 4 is 0 Å². The Balaban J connectivity index is 1.73. The fraction of sp³-hybridized carbons (Fsp3) is 0.625. The number of halogens is 1. The highest BCUT2D eigenvalue weighted by atomic mass is 19.1. The van der Waals surface area contributed by atoms with Crippen LogP contribution in [0.5, 0.6) is 0 Å². The van der Waals surface area contributed by atoms with Gasteiger partial charge in [-0.2, -0.15) is 0 Å². The van der Waals surface area contributed by atoms with Crippen molar-refractivity contribution in [2.24, 2.45) is 5.92 Å². The van der Waals surface area contributed by atoms with Crippen LogP contribution < -0.4 is 5.32 Å². The van der Waals surface area contributed by atoms with Crippen molar-refractivity contribution in [3.05, 3.63) is 35.6 Å². The maximum absolute atomic E-state index is 13.4. The van der Waals surface area contributed by atoms with Gasteiger partial charge in [-0.15, -0.1) is 0 Å². The number of benzene rings is 1. The van der Waals surface area contributed by atoms with Gasteiger partial charge in [0.1, 0.15) is 5.82 Å². The third kappa shape index (κ3) is 4.09. The van der Waals surface area contributed by atoms with Gasteiger partial charge in [0, 0.05) is 6.04 Å². The SMILES string of the molecule is CC1CCCC(NCCc2ccccc2F)CC1. The van der Waals surface area contributed by atoms with E-state index in [0.29, 0.717) is 6.04 Å². The molecule has 1 fully saturated rings. The van der Waals surface area contributed by atoms with Gasteiger partial charge in [-0.25, -0.2) is 4.39 Å². The lowest BCUT2D eigenvalue weighted by atomic mass is 10.0. The lowest BCUT2D eigenvalue weighted by molar-refractivity contribution is 0.449. The summed E-state index contributed by atoms with van der Waals surface area (Å²) in [5, 5.41) is 3.59. The first-order chi connectivity index (χ1) is 8.75. The number of nitrogens with one attached hydrogen (secondary N) is 1. The standard InChI is InChI=1S/C16H24FN/c1-13-5-4-7-15(10-9-13)18-12-11-14-6-2-3-8-16(14)17/h2-3,6,8,13,15,18H,4-5,7,9-12H2,1H3. The van der Waals surface area contributed by atoms with E-state index in [-0.39, 0.29) is 5.82 Å². The van der Waals surface area contributed by atoms with E-state index in [1.807, 2.05) is 12.1 Å². The molecule has 0 amide bonds. The number of hydrogen-bond donors (Lipinski definition) is 1. The Bertz CT molecular complexity index is 364. The van der Waals surface area contributed by atoms with Crippen LogP contribution in [0.25, 0.3) is 0 Å². The highest BCUT2D eigenvalue weighted by Gasteiger charge is 2.15. The average Bonchev–Trinajstić information content (AvgIpc) is 2.57. The van der Waals surface area contributed by atoms with Crippen LogP contribution in [-0.2, 0) is 6.42 Å². The zero-order chi connectivity index (χ0) is 12.8. The molecule has 2 unspecified atom stereocenters. The largest absolute Gasteiger partial charge is 0.314 e. The molecule has 0 saturated heterocycles. The Morgan fingerprint density at radius 1 is 1.17 bits per heavy atom. The predicted molar refractivity (Wildman–Crippen MR) is 74.1 cm³/mol. The molecule has 0 aromatic heterocycles. The van der Waals surface area contributed by atoms with Gasteiger partial charge in [0.15, 0.2) is 0 Å². The fourth-order valence-corrected chi connectivity index (χ4v) is 2.80. The molecule has 1 aromatic carbocycles. The molecule has 0 aliphatic heterocycles. The summed E-state index contributed by atoms with van der Waals surface area (Å²) < 4.78 is 13.4. The van der Waals surface area contributed by atoms with E-state index in [9.17, 15) is 4.39 Å². The van der Waals surface area contributed by atoms with Crippen molar-refractivity contribution in [3.63, 3.8) is 0 Å². The summed E-state index contributed by atoms with van der Waals surface area (Å²) in [6, 6.07) is 7.72. The predicted octanol–water partition coefficient (Wildman–Crippen LogP) is 3.93. The van der Waals surface area contributed by atoms with Gasteiger partial charge in [0.05, 0.1) is 0 Å². The van der Waals surface area contributed by atoms with Crippen LogP contribution in [0.3, 0.4) is 0 Å². The highest BCUT2D eigenvalue weighted by Crippen LogP contribution is 2.22. The Morgan fingerprint density at radius 2 is 2.00 bits per heavy atom. The van der Waals surface area contributed by atoms with Crippen LogP contribution in [0.15, 0.2) is 24.3 Å². The van der Waals surface area contributed by atoms with Crippen LogP contribution in [-0.4, -0.2) is 12.6 Å². The molecule has 0 heterocycles. The second-order valence-electron chi connectivity index (χ2n) is 5.61. The minimum absolute atomic E-state index is 0.0752. The minimum Gasteiger partial charge on any atom is -0.314 e. The molecule has 0 bridgehead atoms. The Hall–Kier alpha value is -0.890. The molecule has 1 N–H and O–H groups in total. The van der Waals surface area contributed by atoms with Crippen LogP contribution >= 0.6 is 0 Å². The number of rotatable bonds is 4. The minimum atomic E-state index is -0.0752. The maximum Gasteiger partial charge on any atom is 0.126 e. The molecule has 1 nitrogen and oxygen atoms in total. The van der Waals surface area contributed by atoms with Gasteiger partial charge in [-0.05, 0) is 49.8 Å². The lowest BCUT2D eigenvalue weighted by Crippen LogP contribution is -2.30. The monoisotopic (exact) mass is 249 g/mol. The summed E-state index contributed by atoms with van der Waals surface area (Å²) in [5.41, 5.74) is 0.826. The summed E-state index contributed by atoms with van der Waals surface area (Å²) >= 11 is 0. The molecule has 2 rings (SSSR count). The van der Waals surface area contributed by atoms with Crippen molar-refractivity contribution in [1.82, 2.24) is 5.32 Å². The van der Waals surface area contributed by atoms with Crippen LogP contribution in [0.4, 0.5) is 4.39 Å². The summed E-state index contributed by atoms with van der Waals surface area (Å²) in [6.07, 6.45) is 7.38. The van der Waals surface area contributed by atoms with E-state index in [0.717, 1.165) is 24.4 Å². The van der Waals surface area contributed by atoms with Gasteiger partial charge >= 0.3 is 0 Å². The molecule has 100 valence electrons. The fourth-order valence-electron chi connectivity index (χ4n) is 2.80. The van der Waals surface area contributed by atoms with E-state index in [1.165, 1.54) is 32.1 Å². The molecule has 1 aliphatic carbocycles. The summed E-state index contributed by atoms with van der Waals surface area (Å²) in [6.45, 7) is 3.24. The molecule has 18 heavy (non-hydrogen) atoms. The molecule has 0 radical (unpaired) electrons. The molecule has 0 spiro atoms. The second kappa shape index (κ2) is 6.89. The third-order valence-electron chi connectivity index (χ3n) is 4.04. The van der Waals surface area contributed by atoms with Crippen molar-refractivity contribution in [2.45, 2.75) is 51.5 Å². The average molecular weight is 249 g/mol. The lowest BCUT2D eigenvalue weighted by Gasteiger charge is -2.16. The first-order valence-electron chi connectivity index (χ1n) is 7.22. The molecular formula is C16H24FN. The molecule has 1 saturated carbocycles. The summed E-state index contributed by atoms with van der Waals surface area (Å²) in [5.74, 6) is 0.803. The normalized spacial score (nSPS) is 24.8. The first-order valence-corrected chi connectivity index (χ1v) is 7.22. The number of hydrogen-bond acceptors (Lipinski definition) is 1. The van der Waals surface area contributed by atoms with E-state index in [2.05, 4.69) is 12.2 Å². The van der Waals surface area contributed by atoms with Crippen molar-refractivity contribution in [2.75, 3.05) is 6.54 Å². The highest BCUT2D eigenvalue weighted by molar-refractivity contribution is 5.17. The Labute approximate surface area is 110 Å². The van der Waals surface area contributed by atoms with Gasteiger partial charge in [0.25, 0.3) is 0 Å². The summed E-state index contributed by atoms with van der Waals surface area (Å²) in [4.78, 5) is 0. The molecule has 2 heteroatoms. The third-order valence-corrected chi connectivity index (χ3v) is 4.04. The molecule has 1 aromatic rings. The maximum atomic E-state index is 13.4. The van der Waals surface area contributed by atoms with Gasteiger partial charge in [0.2, 0.25) is 0 Å². The van der Waals surface area contributed by atoms with E-state index in [1.54, 1.807) is 12.1 Å². The van der Waals surface area contributed by atoms with Crippen molar-refractivity contribution in [3.8, 4) is 0 Å². The molecule has 1 aliphatic rings. The van der Waals surface area contributed by atoms with Crippen molar-refractivity contribution in [1.29, 1.82) is 0 Å². The van der Waals surface area contributed by atoms with Crippen molar-refractivity contribution < 1.29 is 4.39 Å². The zero-order valence-corrected chi connectivity index (χ0v) is 11.3. The first kappa shape index (κ1) is 13.5. The Morgan fingerprint density at radius 3 is 2.83 bits per heavy atom. The van der Waals surface area contributed by atoms with Gasteiger partial charge in [-0.1, -0.05) is 38.0 Å². The van der Waals surface area contributed by atoms with Gasteiger partial charge in [-0.3, -0.25) is 0 Å². The zero-order valence-electron chi connectivity index (χ0n) is 11.3.